The smallest absolute Gasteiger partial charge is 1.00 e. The average molecular weight is 343 g/mol. The molecular formula is C11H14KNO5S2. The molecule has 0 aliphatic rings. The van der Waals surface area contributed by atoms with Crippen molar-refractivity contribution >= 4 is 38.6 Å². The summed E-state index contributed by atoms with van der Waals surface area (Å²) in [5, 5.41) is 1.83. The molecule has 1 unspecified atom stereocenters. The molecular weight excluding hydrogens is 329 g/mol. The Bertz CT molecular complexity index is 591. The Morgan fingerprint density at radius 2 is 1.80 bits per heavy atom. The van der Waals surface area contributed by atoms with Crippen molar-refractivity contribution in [2.45, 2.75) is 24.0 Å². The summed E-state index contributed by atoms with van der Waals surface area (Å²) in [5.41, 5.74) is 0.383. The second kappa shape index (κ2) is 8.64. The van der Waals surface area contributed by atoms with Crippen LogP contribution in [0.3, 0.4) is 0 Å². The van der Waals surface area contributed by atoms with Crippen LogP contribution in [0.2, 0.25) is 0 Å². The SMILES string of the molecule is CC(=O)SC(C)C(=O)Nc1ccc(S(=O)(=O)O)cc1.[H-].[K+]. The molecule has 0 radical (unpaired) electrons. The van der Waals surface area contributed by atoms with Crippen LogP contribution in [0.25, 0.3) is 0 Å². The van der Waals surface area contributed by atoms with E-state index in [2.05, 4.69) is 5.32 Å². The molecule has 1 amide bonds. The summed E-state index contributed by atoms with van der Waals surface area (Å²) in [4.78, 5) is 22.3. The molecule has 1 aromatic carbocycles. The minimum Gasteiger partial charge on any atom is -1.00 e. The molecule has 0 aliphatic heterocycles. The summed E-state index contributed by atoms with van der Waals surface area (Å²) < 4.78 is 30.4. The van der Waals surface area contributed by atoms with Crippen molar-refractivity contribution in [3.63, 3.8) is 0 Å². The van der Waals surface area contributed by atoms with Crippen molar-refractivity contribution < 1.29 is 75.4 Å². The van der Waals surface area contributed by atoms with Crippen LogP contribution < -0.4 is 56.7 Å². The Balaban J connectivity index is 0. The number of nitrogens with one attached hydrogen (secondary N) is 1. The second-order valence-corrected chi connectivity index (χ2v) is 6.68. The van der Waals surface area contributed by atoms with Crippen LogP contribution in [0.15, 0.2) is 29.2 Å². The molecule has 1 atom stereocenters. The maximum Gasteiger partial charge on any atom is 1.00 e. The number of hydrogen-bond donors (Lipinski definition) is 2. The van der Waals surface area contributed by atoms with E-state index in [1.165, 1.54) is 31.2 Å². The summed E-state index contributed by atoms with van der Waals surface area (Å²) >= 11 is 0.902. The number of carbonyl (C=O) groups excluding carboxylic acids is 2. The van der Waals surface area contributed by atoms with Gasteiger partial charge in [-0.05, 0) is 31.2 Å². The van der Waals surface area contributed by atoms with Crippen LogP contribution in [-0.2, 0) is 19.7 Å². The molecule has 2 N–H and O–H groups in total. The first-order chi connectivity index (χ1) is 8.70. The zero-order valence-corrected chi connectivity index (χ0v) is 16.0. The Labute approximate surface area is 165 Å². The third kappa shape index (κ3) is 6.81. The van der Waals surface area contributed by atoms with Gasteiger partial charge in [0.2, 0.25) is 5.91 Å². The quantitative estimate of drug-likeness (QED) is 0.518. The third-order valence-electron chi connectivity index (χ3n) is 2.13. The van der Waals surface area contributed by atoms with E-state index in [9.17, 15) is 18.0 Å². The molecule has 6 nitrogen and oxygen atoms in total. The fourth-order valence-corrected chi connectivity index (χ4v) is 2.40. The zero-order valence-electron chi connectivity index (χ0n) is 12.3. The predicted octanol–water partition coefficient (Wildman–Crippen LogP) is -1.34. The Morgan fingerprint density at radius 3 is 2.20 bits per heavy atom. The molecule has 0 aromatic heterocycles. The van der Waals surface area contributed by atoms with E-state index in [-0.39, 0.29) is 68.7 Å². The van der Waals surface area contributed by atoms with Gasteiger partial charge in [0.15, 0.2) is 5.12 Å². The number of amides is 1. The van der Waals surface area contributed by atoms with Crippen LogP contribution in [-0.4, -0.2) is 29.2 Å². The van der Waals surface area contributed by atoms with E-state index in [0.717, 1.165) is 11.8 Å². The van der Waals surface area contributed by atoms with Crippen LogP contribution in [0.5, 0.6) is 0 Å². The Kier molecular flexibility index (Phi) is 8.75. The van der Waals surface area contributed by atoms with Crippen molar-refractivity contribution in [1.29, 1.82) is 0 Å². The minimum atomic E-state index is -4.24. The Morgan fingerprint density at radius 1 is 1.30 bits per heavy atom. The molecule has 0 spiro atoms. The molecule has 0 bridgehead atoms. The summed E-state index contributed by atoms with van der Waals surface area (Å²) in [6.07, 6.45) is 0. The summed E-state index contributed by atoms with van der Waals surface area (Å²) in [5.74, 6) is -0.361. The van der Waals surface area contributed by atoms with Gasteiger partial charge >= 0.3 is 51.4 Å². The number of anilines is 1. The summed E-state index contributed by atoms with van der Waals surface area (Å²) in [6.45, 7) is 2.96. The zero-order chi connectivity index (χ0) is 14.6. The maximum absolute atomic E-state index is 11.7. The number of benzene rings is 1. The largest absolute Gasteiger partial charge is 1.00 e. The molecule has 106 valence electrons. The molecule has 9 heteroatoms. The van der Waals surface area contributed by atoms with Crippen molar-refractivity contribution in [3.8, 4) is 0 Å². The van der Waals surface area contributed by atoms with E-state index in [1.807, 2.05) is 0 Å². The van der Waals surface area contributed by atoms with Gasteiger partial charge in [0, 0.05) is 12.6 Å². The predicted molar refractivity (Wildman–Crippen MR) is 73.7 cm³/mol. The monoisotopic (exact) mass is 343 g/mol. The minimum absolute atomic E-state index is 0. The van der Waals surface area contributed by atoms with Gasteiger partial charge in [0.05, 0.1) is 10.1 Å². The van der Waals surface area contributed by atoms with Crippen molar-refractivity contribution in [2.24, 2.45) is 0 Å². The first-order valence-corrected chi connectivity index (χ1v) is 7.58. The molecule has 1 rings (SSSR count). The van der Waals surface area contributed by atoms with Gasteiger partial charge in [-0.2, -0.15) is 8.42 Å². The summed E-state index contributed by atoms with van der Waals surface area (Å²) in [7, 11) is -4.24. The topological polar surface area (TPSA) is 101 Å². The molecule has 0 saturated heterocycles. The van der Waals surface area contributed by atoms with Gasteiger partial charge in [-0.25, -0.2) is 0 Å². The maximum atomic E-state index is 11.7. The van der Waals surface area contributed by atoms with Crippen molar-refractivity contribution in [1.82, 2.24) is 0 Å². The van der Waals surface area contributed by atoms with Crippen LogP contribution in [0.1, 0.15) is 15.3 Å². The fourth-order valence-electron chi connectivity index (χ4n) is 1.26. The first kappa shape index (κ1) is 20.3. The van der Waals surface area contributed by atoms with E-state index in [4.69, 9.17) is 4.55 Å². The van der Waals surface area contributed by atoms with Gasteiger partial charge in [0.25, 0.3) is 10.1 Å². The fraction of sp³-hybridized carbons (Fsp3) is 0.273. The van der Waals surface area contributed by atoms with Crippen LogP contribution >= 0.6 is 11.8 Å². The average Bonchev–Trinajstić information content (AvgIpc) is 2.27. The van der Waals surface area contributed by atoms with Crippen LogP contribution in [0, 0.1) is 0 Å². The number of carbonyl (C=O) groups is 2. The molecule has 20 heavy (non-hydrogen) atoms. The number of rotatable bonds is 4. The van der Waals surface area contributed by atoms with E-state index < -0.39 is 15.4 Å². The van der Waals surface area contributed by atoms with Gasteiger partial charge < -0.3 is 6.74 Å². The standard InChI is InChI=1S/C11H13NO5S2.K.H/c1-7(18-8(2)13)11(14)12-9-3-5-10(6-4-9)19(15,16)17;;/h3-7H,1-2H3,(H,12,14)(H,15,16,17);;/q;+1;-1. The van der Waals surface area contributed by atoms with E-state index in [1.54, 1.807) is 6.92 Å². The number of thioether (sulfide) groups is 1. The molecule has 1 aromatic rings. The van der Waals surface area contributed by atoms with Gasteiger partial charge in [0.1, 0.15) is 0 Å². The Hall–Kier alpha value is 0.256. The molecule has 0 aliphatic carbocycles. The van der Waals surface area contributed by atoms with Gasteiger partial charge in [-0.1, -0.05) is 11.8 Å². The number of hydrogen-bond acceptors (Lipinski definition) is 5. The molecule has 0 fully saturated rings. The molecule has 0 heterocycles. The molecule has 0 saturated carbocycles. The first-order valence-electron chi connectivity index (χ1n) is 5.26. The van der Waals surface area contributed by atoms with E-state index in [0.29, 0.717) is 5.69 Å². The normalized spacial score (nSPS) is 12.2. The van der Waals surface area contributed by atoms with Crippen LogP contribution in [0.4, 0.5) is 5.69 Å². The van der Waals surface area contributed by atoms with Crippen molar-refractivity contribution in [2.75, 3.05) is 5.32 Å². The van der Waals surface area contributed by atoms with Gasteiger partial charge in [-0.3, -0.25) is 14.1 Å². The second-order valence-electron chi connectivity index (χ2n) is 3.74. The summed E-state index contributed by atoms with van der Waals surface area (Å²) in [6, 6.07) is 5.06. The van der Waals surface area contributed by atoms with E-state index >= 15 is 0 Å². The van der Waals surface area contributed by atoms with Gasteiger partial charge in [-0.15, -0.1) is 0 Å². The van der Waals surface area contributed by atoms with Crippen molar-refractivity contribution in [3.05, 3.63) is 24.3 Å². The third-order valence-corrected chi connectivity index (χ3v) is 3.90.